The molecule has 142 valence electrons. The number of urea groups is 1. The Labute approximate surface area is 162 Å². The SMILES string of the molecule is Cc1ccc(NC2=NCN(/N=C\C(C)/C=C3\NC(=O)NC3=O)C=C2)cc1C#N. The van der Waals surface area contributed by atoms with Crippen LogP contribution < -0.4 is 16.0 Å². The van der Waals surface area contributed by atoms with Gasteiger partial charge in [0.05, 0.1) is 11.6 Å². The molecule has 3 rings (SSSR count). The molecule has 1 atom stereocenters. The lowest BCUT2D eigenvalue weighted by Gasteiger charge is -2.18. The topological polar surface area (TPSA) is 122 Å². The number of imide groups is 1. The van der Waals surface area contributed by atoms with Crippen LogP contribution in [-0.4, -0.2) is 35.7 Å². The van der Waals surface area contributed by atoms with Crippen molar-refractivity contribution >= 4 is 29.7 Å². The Kier molecular flexibility index (Phi) is 5.50. The number of aryl methyl sites for hydroxylation is 1. The lowest BCUT2D eigenvalue weighted by Crippen LogP contribution is -2.22. The van der Waals surface area contributed by atoms with Crippen LogP contribution in [0.25, 0.3) is 0 Å². The maximum atomic E-state index is 11.5. The monoisotopic (exact) mass is 377 g/mol. The number of aliphatic imine (C=N–C) groups is 1. The fourth-order valence-corrected chi connectivity index (χ4v) is 2.52. The van der Waals surface area contributed by atoms with Crippen molar-refractivity contribution < 1.29 is 9.59 Å². The van der Waals surface area contributed by atoms with E-state index in [1.165, 1.54) is 0 Å². The molecule has 9 heteroatoms. The first-order chi connectivity index (χ1) is 13.4. The number of carbonyl (C=O) groups excluding carboxylic acids is 2. The summed E-state index contributed by atoms with van der Waals surface area (Å²) in [7, 11) is 0. The van der Waals surface area contributed by atoms with Gasteiger partial charge in [0.1, 0.15) is 18.2 Å². The predicted octanol–water partition coefficient (Wildman–Crippen LogP) is 1.81. The van der Waals surface area contributed by atoms with Gasteiger partial charge in [0.15, 0.2) is 0 Å². The molecular formula is C19H19N7O2. The third kappa shape index (κ3) is 4.62. The van der Waals surface area contributed by atoms with Crippen molar-refractivity contribution in [2.45, 2.75) is 13.8 Å². The number of amides is 3. The Morgan fingerprint density at radius 3 is 2.86 bits per heavy atom. The summed E-state index contributed by atoms with van der Waals surface area (Å²) in [6.07, 6.45) is 6.83. The first-order valence-electron chi connectivity index (χ1n) is 8.60. The van der Waals surface area contributed by atoms with Gasteiger partial charge >= 0.3 is 6.03 Å². The van der Waals surface area contributed by atoms with Gasteiger partial charge in [-0.15, -0.1) is 0 Å². The van der Waals surface area contributed by atoms with Crippen LogP contribution in [0.1, 0.15) is 18.1 Å². The van der Waals surface area contributed by atoms with E-state index in [2.05, 4.69) is 32.1 Å². The number of benzene rings is 1. The minimum absolute atomic E-state index is 0.159. The molecule has 1 saturated heterocycles. The number of nitrogens with one attached hydrogen (secondary N) is 3. The zero-order valence-corrected chi connectivity index (χ0v) is 15.4. The number of amidine groups is 1. The van der Waals surface area contributed by atoms with Gasteiger partial charge in [0.25, 0.3) is 5.91 Å². The van der Waals surface area contributed by atoms with E-state index in [0.29, 0.717) is 18.1 Å². The number of hydrogen-bond acceptors (Lipinski definition) is 7. The second-order valence-corrected chi connectivity index (χ2v) is 6.32. The molecule has 28 heavy (non-hydrogen) atoms. The number of nitrogens with zero attached hydrogens (tertiary/aromatic N) is 4. The number of rotatable bonds is 4. The van der Waals surface area contributed by atoms with Crippen molar-refractivity contribution in [1.29, 1.82) is 5.26 Å². The summed E-state index contributed by atoms with van der Waals surface area (Å²) < 4.78 is 0. The number of hydrazone groups is 1. The molecule has 2 aliphatic rings. The second-order valence-electron chi connectivity index (χ2n) is 6.32. The van der Waals surface area contributed by atoms with E-state index in [1.807, 2.05) is 26.0 Å². The highest BCUT2D eigenvalue weighted by molar-refractivity contribution is 6.11. The summed E-state index contributed by atoms with van der Waals surface area (Å²) in [6, 6.07) is 7.19. The molecule has 1 unspecified atom stereocenters. The minimum atomic E-state index is -0.524. The normalized spacial score (nSPS) is 18.7. The molecule has 3 N–H and O–H groups in total. The summed E-state index contributed by atoms with van der Waals surface area (Å²) >= 11 is 0. The third-order valence-electron chi connectivity index (χ3n) is 4.02. The Bertz CT molecular complexity index is 969. The molecule has 0 saturated carbocycles. The molecule has 0 aromatic heterocycles. The first-order valence-corrected chi connectivity index (χ1v) is 8.60. The molecule has 0 spiro atoms. The fourth-order valence-electron chi connectivity index (χ4n) is 2.52. The van der Waals surface area contributed by atoms with E-state index in [1.54, 1.807) is 35.6 Å². The second kappa shape index (κ2) is 8.18. The van der Waals surface area contributed by atoms with Gasteiger partial charge in [-0.05, 0) is 36.8 Å². The van der Waals surface area contributed by atoms with Crippen molar-refractivity contribution in [3.05, 3.63) is 53.4 Å². The molecule has 0 aliphatic carbocycles. The molecule has 0 bridgehead atoms. The predicted molar refractivity (Wildman–Crippen MR) is 105 cm³/mol. The highest BCUT2D eigenvalue weighted by Crippen LogP contribution is 2.15. The molecule has 0 radical (unpaired) electrons. The Balaban J connectivity index is 1.55. The van der Waals surface area contributed by atoms with Crippen LogP contribution in [0.15, 0.2) is 52.3 Å². The number of hydrogen-bond donors (Lipinski definition) is 3. The van der Waals surface area contributed by atoms with Gasteiger partial charge in [-0.2, -0.15) is 10.4 Å². The zero-order chi connectivity index (χ0) is 20.1. The van der Waals surface area contributed by atoms with Gasteiger partial charge < -0.3 is 10.6 Å². The summed E-state index contributed by atoms with van der Waals surface area (Å²) in [4.78, 5) is 27.0. The van der Waals surface area contributed by atoms with Crippen molar-refractivity contribution in [3.8, 4) is 6.07 Å². The highest BCUT2D eigenvalue weighted by atomic mass is 16.2. The van der Waals surface area contributed by atoms with E-state index in [4.69, 9.17) is 5.26 Å². The fraction of sp³-hybridized carbons (Fsp3) is 0.211. The zero-order valence-electron chi connectivity index (χ0n) is 15.4. The van der Waals surface area contributed by atoms with E-state index in [-0.39, 0.29) is 11.6 Å². The average molecular weight is 377 g/mol. The van der Waals surface area contributed by atoms with Gasteiger partial charge in [-0.3, -0.25) is 15.1 Å². The van der Waals surface area contributed by atoms with E-state index < -0.39 is 11.9 Å². The number of anilines is 1. The minimum Gasteiger partial charge on any atom is -0.340 e. The van der Waals surface area contributed by atoms with Gasteiger partial charge in [0.2, 0.25) is 0 Å². The smallest absolute Gasteiger partial charge is 0.326 e. The lowest BCUT2D eigenvalue weighted by molar-refractivity contribution is -0.115. The highest BCUT2D eigenvalue weighted by Gasteiger charge is 2.23. The summed E-state index contributed by atoms with van der Waals surface area (Å²) in [5.41, 5.74) is 2.55. The van der Waals surface area contributed by atoms with Crippen molar-refractivity contribution in [1.82, 2.24) is 15.6 Å². The molecule has 1 fully saturated rings. The van der Waals surface area contributed by atoms with Gasteiger partial charge in [-0.25, -0.2) is 9.79 Å². The quantitative estimate of drug-likeness (QED) is 0.420. The summed E-state index contributed by atoms with van der Waals surface area (Å²) in [5.74, 6) is 0.0619. The Morgan fingerprint density at radius 2 is 2.21 bits per heavy atom. The molecule has 2 heterocycles. The molecule has 1 aromatic carbocycles. The van der Waals surface area contributed by atoms with Crippen molar-refractivity contribution in [2.24, 2.45) is 16.0 Å². The standard InChI is InChI=1S/C19H19N7O2/c1-12(7-16-18(27)25-19(28)24-16)10-22-26-6-5-17(21-11-26)23-15-4-3-13(2)14(8-15)9-20/h3-8,10,12H,11H2,1-2H3,(H,21,23)(H2,24,25,27,28)/b16-7-,22-10-. The van der Waals surface area contributed by atoms with Crippen LogP contribution >= 0.6 is 0 Å². The maximum Gasteiger partial charge on any atom is 0.326 e. The van der Waals surface area contributed by atoms with Gasteiger partial charge in [0, 0.05) is 24.0 Å². The van der Waals surface area contributed by atoms with Crippen LogP contribution in [-0.2, 0) is 4.79 Å². The van der Waals surface area contributed by atoms with Crippen LogP contribution in [0.2, 0.25) is 0 Å². The molecular weight excluding hydrogens is 358 g/mol. The summed E-state index contributed by atoms with van der Waals surface area (Å²) in [6.45, 7) is 4.06. The molecule has 1 aromatic rings. The molecule has 9 nitrogen and oxygen atoms in total. The van der Waals surface area contributed by atoms with E-state index in [0.717, 1.165) is 11.3 Å². The van der Waals surface area contributed by atoms with E-state index in [9.17, 15) is 9.59 Å². The maximum absolute atomic E-state index is 11.5. The Hall–Kier alpha value is -3.93. The molecule has 2 aliphatic heterocycles. The molecule has 3 amide bonds. The largest absolute Gasteiger partial charge is 0.340 e. The summed E-state index contributed by atoms with van der Waals surface area (Å²) in [5, 5.41) is 22.8. The lowest BCUT2D eigenvalue weighted by atomic mass is 10.1. The van der Waals surface area contributed by atoms with Crippen LogP contribution in [0, 0.1) is 24.2 Å². The van der Waals surface area contributed by atoms with E-state index >= 15 is 0 Å². The number of carbonyl (C=O) groups is 2. The van der Waals surface area contributed by atoms with Crippen LogP contribution in [0.4, 0.5) is 10.5 Å². The van der Waals surface area contributed by atoms with Gasteiger partial charge in [-0.1, -0.05) is 13.0 Å². The van der Waals surface area contributed by atoms with Crippen LogP contribution in [0.3, 0.4) is 0 Å². The Morgan fingerprint density at radius 1 is 1.39 bits per heavy atom. The third-order valence-corrected chi connectivity index (χ3v) is 4.02. The number of nitriles is 1. The first kappa shape index (κ1) is 18.8. The van der Waals surface area contributed by atoms with Crippen molar-refractivity contribution in [3.63, 3.8) is 0 Å². The van der Waals surface area contributed by atoms with Crippen molar-refractivity contribution in [2.75, 3.05) is 12.0 Å². The number of allylic oxidation sites excluding steroid dienone is 1. The average Bonchev–Trinajstić information content (AvgIpc) is 2.99. The van der Waals surface area contributed by atoms with Crippen LogP contribution in [0.5, 0.6) is 0 Å².